The largest absolute Gasteiger partial charge is 0.497 e. The summed E-state index contributed by atoms with van der Waals surface area (Å²) in [4.78, 5) is 2.63. The molecule has 0 amide bonds. The summed E-state index contributed by atoms with van der Waals surface area (Å²) in [6, 6.07) is 9.08. The number of hydrogen-bond donors (Lipinski definition) is 0. The van der Waals surface area contributed by atoms with Gasteiger partial charge in [0.15, 0.2) is 0 Å². The van der Waals surface area contributed by atoms with Crippen molar-refractivity contribution in [2.24, 2.45) is 13.0 Å². The molecule has 24 heavy (non-hydrogen) atoms. The predicted octanol–water partition coefficient (Wildman–Crippen LogP) is 2.86. The molecule has 1 aromatic carbocycles. The van der Waals surface area contributed by atoms with Crippen LogP contribution in [-0.4, -0.2) is 40.5 Å². The van der Waals surface area contributed by atoms with Crippen molar-refractivity contribution >= 4 is 0 Å². The van der Waals surface area contributed by atoms with Gasteiger partial charge in [0.05, 0.1) is 13.3 Å². The van der Waals surface area contributed by atoms with E-state index in [0.717, 1.165) is 30.6 Å². The van der Waals surface area contributed by atoms with Crippen LogP contribution in [0.25, 0.3) is 0 Å². The average Bonchev–Trinajstić information content (AvgIpc) is 3.31. The summed E-state index contributed by atoms with van der Waals surface area (Å²) in [5, 5.41) is 4.30. The zero-order chi connectivity index (χ0) is 16.5. The molecule has 4 rings (SSSR count). The van der Waals surface area contributed by atoms with Crippen molar-refractivity contribution in [1.29, 1.82) is 0 Å². The monoisotopic (exact) mass is 327 g/mol. The molecule has 2 heterocycles. The van der Waals surface area contributed by atoms with E-state index in [1.54, 1.807) is 7.11 Å². The average molecular weight is 327 g/mol. The van der Waals surface area contributed by atoms with Gasteiger partial charge in [0.25, 0.3) is 0 Å². The number of methoxy groups -OCH3 is 1. The smallest absolute Gasteiger partial charge is 0.119 e. The molecule has 1 aliphatic heterocycles. The fraction of sp³-hybridized carbons (Fsp3) is 0.526. The molecule has 1 saturated carbocycles. The van der Waals surface area contributed by atoms with Crippen molar-refractivity contribution in [3.63, 3.8) is 0 Å². The second kappa shape index (κ2) is 6.48. The maximum atomic E-state index is 6.10. The number of hydrogen-bond acceptors (Lipinski definition) is 4. The maximum absolute atomic E-state index is 6.10. The molecular formula is C19H25N3O2. The van der Waals surface area contributed by atoms with Gasteiger partial charge in [-0.15, -0.1) is 0 Å². The van der Waals surface area contributed by atoms with Crippen LogP contribution in [-0.2, 0) is 13.6 Å². The number of likely N-dealkylation sites (tertiary alicyclic amines) is 1. The lowest BCUT2D eigenvalue weighted by molar-refractivity contribution is 0.0867. The van der Waals surface area contributed by atoms with Crippen LogP contribution in [0.2, 0.25) is 0 Å². The Morgan fingerprint density at radius 2 is 1.96 bits per heavy atom. The summed E-state index contributed by atoms with van der Waals surface area (Å²) < 4.78 is 13.2. The van der Waals surface area contributed by atoms with Crippen LogP contribution in [0.15, 0.2) is 36.7 Å². The fourth-order valence-corrected chi connectivity index (χ4v) is 4.28. The van der Waals surface area contributed by atoms with Crippen LogP contribution in [0.1, 0.15) is 24.8 Å². The lowest BCUT2D eigenvalue weighted by atomic mass is 9.99. The second-order valence-electron chi connectivity index (χ2n) is 6.98. The number of ether oxygens (including phenoxy) is 2. The number of aryl methyl sites for hydroxylation is 1. The Labute approximate surface area is 143 Å². The number of fused-ring (bicyclic) bond motifs is 2. The quantitative estimate of drug-likeness (QED) is 0.818. The summed E-state index contributed by atoms with van der Waals surface area (Å²) in [7, 11) is 3.66. The van der Waals surface area contributed by atoms with Crippen molar-refractivity contribution in [2.45, 2.75) is 37.9 Å². The first-order valence-corrected chi connectivity index (χ1v) is 8.73. The molecule has 2 bridgehead atoms. The first-order valence-electron chi connectivity index (χ1n) is 8.73. The Morgan fingerprint density at radius 3 is 2.67 bits per heavy atom. The Hall–Kier alpha value is -2.01. The summed E-state index contributed by atoms with van der Waals surface area (Å²) in [5.74, 6) is 2.55. The van der Waals surface area contributed by atoms with E-state index in [0.29, 0.717) is 12.1 Å². The van der Waals surface area contributed by atoms with E-state index in [1.165, 1.54) is 24.8 Å². The van der Waals surface area contributed by atoms with Crippen LogP contribution in [0.5, 0.6) is 11.5 Å². The van der Waals surface area contributed by atoms with E-state index in [9.17, 15) is 0 Å². The third-order valence-electron chi connectivity index (χ3n) is 5.49. The van der Waals surface area contributed by atoms with Gasteiger partial charge in [0.2, 0.25) is 0 Å². The molecule has 5 heteroatoms. The van der Waals surface area contributed by atoms with Gasteiger partial charge in [0.1, 0.15) is 18.1 Å². The first kappa shape index (κ1) is 15.5. The second-order valence-corrected chi connectivity index (χ2v) is 6.98. The molecule has 5 nitrogen and oxygen atoms in total. The lowest BCUT2D eigenvalue weighted by Crippen LogP contribution is -2.43. The number of rotatable bonds is 6. The molecule has 0 unspecified atom stereocenters. The van der Waals surface area contributed by atoms with Crippen molar-refractivity contribution in [3.8, 4) is 11.5 Å². The SMILES string of the molecule is COc1ccc(OC[C@H]2[C@@H]3CC[C@H](C3)N2Cc2cnn(C)c2)cc1. The Morgan fingerprint density at radius 1 is 1.17 bits per heavy atom. The fourth-order valence-electron chi connectivity index (χ4n) is 4.28. The predicted molar refractivity (Wildman–Crippen MR) is 92.2 cm³/mol. The highest BCUT2D eigenvalue weighted by Gasteiger charge is 2.45. The highest BCUT2D eigenvalue weighted by Crippen LogP contribution is 2.43. The molecule has 2 fully saturated rings. The molecule has 1 saturated heterocycles. The lowest BCUT2D eigenvalue weighted by Gasteiger charge is -2.34. The number of piperidine rings is 1. The Kier molecular flexibility index (Phi) is 4.19. The zero-order valence-electron chi connectivity index (χ0n) is 14.4. The first-order chi connectivity index (χ1) is 11.7. The van der Waals surface area contributed by atoms with Crippen molar-refractivity contribution in [1.82, 2.24) is 14.7 Å². The molecule has 1 aromatic heterocycles. The van der Waals surface area contributed by atoms with Crippen LogP contribution in [0.4, 0.5) is 0 Å². The number of benzene rings is 1. The Bertz CT molecular complexity index is 682. The van der Waals surface area contributed by atoms with Crippen molar-refractivity contribution in [3.05, 3.63) is 42.2 Å². The summed E-state index contributed by atoms with van der Waals surface area (Å²) in [6.45, 7) is 1.74. The molecular weight excluding hydrogens is 302 g/mol. The van der Waals surface area contributed by atoms with Crippen molar-refractivity contribution in [2.75, 3.05) is 13.7 Å². The summed E-state index contributed by atoms with van der Waals surface area (Å²) in [5.41, 5.74) is 1.29. The Balaban J connectivity index is 1.41. The van der Waals surface area contributed by atoms with Gasteiger partial charge in [-0.25, -0.2) is 0 Å². The molecule has 3 atom stereocenters. The third-order valence-corrected chi connectivity index (χ3v) is 5.49. The highest BCUT2D eigenvalue weighted by atomic mass is 16.5. The van der Waals surface area contributed by atoms with Crippen LogP contribution < -0.4 is 9.47 Å². The molecule has 2 aromatic rings. The molecule has 128 valence electrons. The van der Waals surface area contributed by atoms with Crippen LogP contribution in [0.3, 0.4) is 0 Å². The van der Waals surface area contributed by atoms with Gasteiger partial charge in [-0.05, 0) is 49.4 Å². The summed E-state index contributed by atoms with van der Waals surface area (Å²) in [6.07, 6.45) is 8.08. The molecule has 0 radical (unpaired) electrons. The maximum Gasteiger partial charge on any atom is 0.119 e. The topological polar surface area (TPSA) is 39.5 Å². The minimum Gasteiger partial charge on any atom is -0.497 e. The van der Waals surface area contributed by atoms with Gasteiger partial charge < -0.3 is 9.47 Å². The molecule has 0 N–H and O–H groups in total. The van der Waals surface area contributed by atoms with E-state index in [1.807, 2.05) is 42.2 Å². The minimum absolute atomic E-state index is 0.506. The zero-order valence-corrected chi connectivity index (χ0v) is 14.4. The van der Waals surface area contributed by atoms with Crippen LogP contribution in [0, 0.1) is 5.92 Å². The van der Waals surface area contributed by atoms with Gasteiger partial charge in [0, 0.05) is 37.4 Å². The third kappa shape index (κ3) is 3.00. The normalized spacial score (nSPS) is 26.0. The number of aromatic nitrogens is 2. The summed E-state index contributed by atoms with van der Waals surface area (Å²) >= 11 is 0. The van der Waals surface area contributed by atoms with E-state index in [4.69, 9.17) is 9.47 Å². The minimum atomic E-state index is 0.506. The highest BCUT2D eigenvalue weighted by molar-refractivity contribution is 5.31. The van der Waals surface area contributed by atoms with Gasteiger partial charge in [-0.1, -0.05) is 0 Å². The molecule has 1 aliphatic carbocycles. The van der Waals surface area contributed by atoms with E-state index < -0.39 is 0 Å². The number of nitrogens with zero attached hydrogens (tertiary/aromatic N) is 3. The molecule has 2 aliphatic rings. The van der Waals surface area contributed by atoms with Crippen molar-refractivity contribution < 1.29 is 9.47 Å². The van der Waals surface area contributed by atoms with Gasteiger partial charge in [-0.3, -0.25) is 9.58 Å². The van der Waals surface area contributed by atoms with Gasteiger partial charge >= 0.3 is 0 Å². The van der Waals surface area contributed by atoms with Gasteiger partial charge in [-0.2, -0.15) is 5.10 Å². The van der Waals surface area contributed by atoms with E-state index in [-0.39, 0.29) is 0 Å². The van der Waals surface area contributed by atoms with E-state index >= 15 is 0 Å². The van der Waals surface area contributed by atoms with E-state index in [2.05, 4.69) is 16.2 Å². The standard InChI is InChI=1S/C19H25N3O2/c1-21-11-14(10-20-21)12-22-16-4-3-15(9-16)19(22)13-24-18-7-5-17(23-2)6-8-18/h5-8,10-11,15-16,19H,3-4,9,12-13H2,1-2H3/t15-,16-,19+/m1/s1. The van der Waals surface area contributed by atoms with Crippen LogP contribution >= 0.6 is 0 Å². The molecule has 0 spiro atoms.